The standard InChI is InChI=1S/C26H33F2NO3/c1-17(2)13-19-8-7-18(14-22(19)26(6,27)28)16-31-21-9-10-23-20(15-21)11-12-29(23)24(30)32-25(3,4)5/h7-10,14-15,17H,11-13,16H2,1-6H3. The summed E-state index contributed by atoms with van der Waals surface area (Å²) < 4.78 is 39.7. The molecule has 0 fully saturated rings. The minimum atomic E-state index is -2.90. The lowest BCUT2D eigenvalue weighted by atomic mass is 9.93. The lowest BCUT2D eigenvalue weighted by molar-refractivity contribution is 0.0162. The number of ether oxygens (including phenoxy) is 2. The smallest absolute Gasteiger partial charge is 0.414 e. The van der Waals surface area contributed by atoms with Crippen LogP contribution in [0.1, 0.15) is 63.8 Å². The van der Waals surface area contributed by atoms with E-state index in [9.17, 15) is 13.6 Å². The normalized spacial score (nSPS) is 14.0. The number of rotatable bonds is 6. The van der Waals surface area contributed by atoms with Gasteiger partial charge in [-0.2, -0.15) is 0 Å². The largest absolute Gasteiger partial charge is 0.489 e. The Labute approximate surface area is 189 Å². The van der Waals surface area contributed by atoms with Gasteiger partial charge in [-0.3, -0.25) is 4.90 Å². The molecule has 0 atom stereocenters. The first-order valence-electron chi connectivity index (χ1n) is 11.1. The molecule has 1 aliphatic heterocycles. The number of alkyl halides is 2. The first-order chi connectivity index (χ1) is 14.8. The zero-order valence-corrected chi connectivity index (χ0v) is 19.8. The molecule has 32 heavy (non-hydrogen) atoms. The van der Waals surface area contributed by atoms with Crippen molar-refractivity contribution in [2.45, 2.75) is 72.5 Å². The second-order valence-electron chi connectivity index (χ2n) is 9.94. The molecule has 1 heterocycles. The fourth-order valence-corrected chi connectivity index (χ4v) is 3.88. The predicted molar refractivity (Wildman–Crippen MR) is 123 cm³/mol. The van der Waals surface area contributed by atoms with Crippen LogP contribution in [0.2, 0.25) is 0 Å². The fraction of sp³-hybridized carbons (Fsp3) is 0.500. The second kappa shape index (κ2) is 9.08. The van der Waals surface area contributed by atoms with Crippen molar-refractivity contribution in [1.82, 2.24) is 0 Å². The molecule has 0 saturated heterocycles. The van der Waals surface area contributed by atoms with E-state index in [2.05, 4.69) is 0 Å². The van der Waals surface area contributed by atoms with Gasteiger partial charge in [0.1, 0.15) is 18.0 Å². The highest BCUT2D eigenvalue weighted by molar-refractivity contribution is 5.90. The van der Waals surface area contributed by atoms with Crippen molar-refractivity contribution in [3.05, 3.63) is 58.7 Å². The molecule has 0 spiro atoms. The lowest BCUT2D eigenvalue weighted by Crippen LogP contribution is -2.35. The molecular weight excluding hydrogens is 412 g/mol. The van der Waals surface area contributed by atoms with E-state index in [1.807, 2.05) is 52.8 Å². The van der Waals surface area contributed by atoms with Crippen molar-refractivity contribution in [2.24, 2.45) is 5.92 Å². The number of anilines is 1. The predicted octanol–water partition coefficient (Wildman–Crippen LogP) is 6.87. The Kier molecular flexibility index (Phi) is 6.82. The number of hydrogen-bond donors (Lipinski definition) is 0. The molecule has 6 heteroatoms. The maximum atomic E-state index is 14.2. The summed E-state index contributed by atoms with van der Waals surface area (Å²) in [5.74, 6) is -1.96. The third-order valence-electron chi connectivity index (χ3n) is 5.24. The fourth-order valence-electron chi connectivity index (χ4n) is 3.88. The number of amides is 1. The number of fused-ring (bicyclic) bond motifs is 1. The summed E-state index contributed by atoms with van der Waals surface area (Å²) in [7, 11) is 0. The molecule has 1 aliphatic rings. The van der Waals surface area contributed by atoms with Gasteiger partial charge in [-0.05, 0) is 80.5 Å². The summed E-state index contributed by atoms with van der Waals surface area (Å²) in [6, 6.07) is 10.7. The molecule has 0 radical (unpaired) electrons. The van der Waals surface area contributed by atoms with Crippen molar-refractivity contribution >= 4 is 11.8 Å². The zero-order valence-electron chi connectivity index (χ0n) is 19.8. The maximum Gasteiger partial charge on any atom is 0.414 e. The lowest BCUT2D eigenvalue weighted by Gasteiger charge is -2.24. The minimum Gasteiger partial charge on any atom is -0.489 e. The third kappa shape index (κ3) is 5.99. The van der Waals surface area contributed by atoms with E-state index in [1.165, 1.54) is 0 Å². The van der Waals surface area contributed by atoms with Gasteiger partial charge in [-0.25, -0.2) is 13.6 Å². The van der Waals surface area contributed by atoms with E-state index in [4.69, 9.17) is 9.47 Å². The molecule has 3 rings (SSSR count). The number of carbonyl (C=O) groups excluding carboxylic acids is 1. The Morgan fingerprint density at radius 3 is 2.44 bits per heavy atom. The van der Waals surface area contributed by atoms with Gasteiger partial charge in [0.25, 0.3) is 5.92 Å². The van der Waals surface area contributed by atoms with E-state index >= 15 is 0 Å². The number of benzene rings is 2. The number of halogens is 2. The van der Waals surface area contributed by atoms with Crippen LogP contribution in [0, 0.1) is 5.92 Å². The van der Waals surface area contributed by atoms with E-state index in [0.717, 1.165) is 18.2 Å². The van der Waals surface area contributed by atoms with Crippen LogP contribution in [0.4, 0.5) is 19.3 Å². The molecule has 2 aromatic carbocycles. The molecule has 0 aliphatic carbocycles. The van der Waals surface area contributed by atoms with Crippen molar-refractivity contribution in [1.29, 1.82) is 0 Å². The van der Waals surface area contributed by atoms with Gasteiger partial charge in [0.05, 0.1) is 5.69 Å². The molecule has 1 amide bonds. The Balaban J connectivity index is 1.71. The Morgan fingerprint density at radius 1 is 1.09 bits per heavy atom. The van der Waals surface area contributed by atoms with Crippen molar-refractivity contribution in [2.75, 3.05) is 11.4 Å². The first kappa shape index (κ1) is 24.0. The van der Waals surface area contributed by atoms with Crippen LogP contribution in [-0.2, 0) is 30.1 Å². The number of carbonyl (C=O) groups is 1. The highest BCUT2D eigenvalue weighted by Gasteiger charge is 2.30. The van der Waals surface area contributed by atoms with E-state index in [0.29, 0.717) is 42.2 Å². The summed E-state index contributed by atoms with van der Waals surface area (Å²) in [5.41, 5.74) is 2.70. The summed E-state index contributed by atoms with van der Waals surface area (Å²) in [6.07, 6.45) is 0.959. The monoisotopic (exact) mass is 445 g/mol. The molecular formula is C26H33F2NO3. The molecule has 0 bridgehead atoms. The van der Waals surface area contributed by atoms with Gasteiger partial charge < -0.3 is 9.47 Å². The van der Waals surface area contributed by atoms with Crippen LogP contribution in [0.5, 0.6) is 5.75 Å². The summed E-state index contributed by atoms with van der Waals surface area (Å²) in [4.78, 5) is 14.1. The van der Waals surface area contributed by atoms with Crippen LogP contribution in [0.25, 0.3) is 0 Å². The molecule has 0 aromatic heterocycles. The molecule has 2 aromatic rings. The second-order valence-corrected chi connectivity index (χ2v) is 9.94. The van der Waals surface area contributed by atoms with Gasteiger partial charge in [0.2, 0.25) is 0 Å². The average molecular weight is 446 g/mol. The molecule has 0 N–H and O–H groups in total. The molecule has 0 unspecified atom stereocenters. The zero-order chi connectivity index (χ0) is 23.7. The Morgan fingerprint density at radius 2 is 1.81 bits per heavy atom. The van der Waals surface area contributed by atoms with Crippen LogP contribution in [-0.4, -0.2) is 18.2 Å². The summed E-state index contributed by atoms with van der Waals surface area (Å²) in [6.45, 7) is 11.3. The maximum absolute atomic E-state index is 14.2. The third-order valence-corrected chi connectivity index (χ3v) is 5.24. The van der Waals surface area contributed by atoms with Crippen molar-refractivity contribution < 1.29 is 23.0 Å². The first-order valence-corrected chi connectivity index (χ1v) is 11.1. The van der Waals surface area contributed by atoms with E-state index < -0.39 is 11.5 Å². The molecule has 0 saturated carbocycles. The Bertz CT molecular complexity index is 974. The topological polar surface area (TPSA) is 38.8 Å². The highest BCUT2D eigenvalue weighted by Crippen LogP contribution is 2.34. The van der Waals surface area contributed by atoms with Gasteiger partial charge in [-0.15, -0.1) is 0 Å². The van der Waals surface area contributed by atoms with Gasteiger partial charge in [0.15, 0.2) is 0 Å². The quantitative estimate of drug-likeness (QED) is 0.487. The number of nitrogens with zero attached hydrogens (tertiary/aromatic N) is 1. The number of hydrogen-bond acceptors (Lipinski definition) is 3. The van der Waals surface area contributed by atoms with Crippen LogP contribution < -0.4 is 9.64 Å². The van der Waals surface area contributed by atoms with Crippen molar-refractivity contribution in [3.63, 3.8) is 0 Å². The summed E-state index contributed by atoms with van der Waals surface area (Å²) in [5, 5.41) is 0. The molecule has 4 nitrogen and oxygen atoms in total. The van der Waals surface area contributed by atoms with Crippen LogP contribution in [0.3, 0.4) is 0 Å². The SMILES string of the molecule is CC(C)Cc1ccc(COc2ccc3c(c2)CCN3C(=O)OC(C)(C)C)cc1C(C)(F)F. The summed E-state index contributed by atoms with van der Waals surface area (Å²) >= 11 is 0. The van der Waals surface area contributed by atoms with Gasteiger partial charge in [-0.1, -0.05) is 26.0 Å². The van der Waals surface area contributed by atoms with Crippen molar-refractivity contribution in [3.8, 4) is 5.75 Å². The highest BCUT2D eigenvalue weighted by atomic mass is 19.3. The minimum absolute atomic E-state index is 0.0641. The van der Waals surface area contributed by atoms with E-state index in [1.54, 1.807) is 23.1 Å². The van der Waals surface area contributed by atoms with Gasteiger partial charge >= 0.3 is 6.09 Å². The molecule has 174 valence electrons. The van der Waals surface area contributed by atoms with Crippen LogP contribution >= 0.6 is 0 Å². The average Bonchev–Trinajstić information content (AvgIpc) is 3.08. The van der Waals surface area contributed by atoms with Crippen LogP contribution in [0.15, 0.2) is 36.4 Å². The van der Waals surface area contributed by atoms with Gasteiger partial charge in [0, 0.05) is 19.0 Å². The van der Waals surface area contributed by atoms with E-state index in [-0.39, 0.29) is 18.3 Å². The Hall–Kier alpha value is -2.63.